The number of nitrogens with zero attached hydrogens (tertiary/aromatic N) is 1. The zero-order chi connectivity index (χ0) is 62.4. The van der Waals surface area contributed by atoms with E-state index in [1.807, 2.05) is 13.0 Å². The number of esters is 1. The van der Waals surface area contributed by atoms with Gasteiger partial charge in [-0.15, -0.1) is 0 Å². The first-order valence-corrected chi connectivity index (χ1v) is 30.2. The molecule has 5 heterocycles. The van der Waals surface area contributed by atoms with E-state index in [9.17, 15) is 81.1 Å². The van der Waals surface area contributed by atoms with Crippen LogP contribution >= 0.6 is 0 Å². The highest BCUT2D eigenvalue weighted by Gasteiger charge is 2.53. The molecule has 0 saturated carbocycles. The maximum Gasteiger partial charge on any atom is 0.308 e. The lowest BCUT2D eigenvalue weighted by Crippen LogP contribution is -2.69. The average molecular weight is 1210 g/mol. The van der Waals surface area contributed by atoms with Crippen molar-refractivity contribution in [2.75, 3.05) is 39.3 Å². The summed E-state index contributed by atoms with van der Waals surface area (Å²) >= 11 is 0. The number of rotatable bonds is 10. The van der Waals surface area contributed by atoms with Crippen molar-refractivity contribution in [3.05, 3.63) is 85.1 Å². The number of piperidine rings is 1. The number of cyclic esters (lactones) is 1. The molecule has 2 bridgehead atoms. The normalized spacial score (nSPS) is 44.4. The molecule has 4 saturated heterocycles. The molecule has 0 spiro atoms. The summed E-state index contributed by atoms with van der Waals surface area (Å²) < 4.78 is 29.6. The number of fused-ring (bicyclic) bond motifs is 2. The number of aliphatic hydroxyl groups excluding tert-OH is 12. The molecule has 1 amide bonds. The van der Waals surface area contributed by atoms with Crippen LogP contribution in [0.3, 0.4) is 0 Å². The van der Waals surface area contributed by atoms with Crippen molar-refractivity contribution in [3.63, 3.8) is 0 Å². The van der Waals surface area contributed by atoms with Crippen LogP contribution in [0.5, 0.6) is 0 Å². The number of amides is 1. The second kappa shape index (κ2) is 35.5. The molecule has 16 N–H and O–H groups in total. The van der Waals surface area contributed by atoms with Crippen molar-refractivity contribution in [2.45, 2.75) is 226 Å². The fourth-order valence-corrected chi connectivity index (χ4v) is 11.3. The van der Waals surface area contributed by atoms with Gasteiger partial charge in [0.25, 0.3) is 0 Å². The predicted molar refractivity (Wildman–Crippen MR) is 310 cm³/mol. The van der Waals surface area contributed by atoms with Gasteiger partial charge in [0.2, 0.25) is 11.7 Å². The van der Waals surface area contributed by atoms with Gasteiger partial charge in [-0.3, -0.25) is 9.59 Å². The molecule has 23 atom stereocenters. The molecule has 24 heteroatoms. The quantitative estimate of drug-likeness (QED) is 0.0926. The van der Waals surface area contributed by atoms with Gasteiger partial charge in [0.05, 0.1) is 98.7 Å². The molecule has 0 aliphatic carbocycles. The van der Waals surface area contributed by atoms with Crippen LogP contribution in [0.15, 0.2) is 85.1 Å². The number of ether oxygens (including phenoxy) is 5. The van der Waals surface area contributed by atoms with E-state index >= 15 is 0 Å². The van der Waals surface area contributed by atoms with Gasteiger partial charge in [0.15, 0.2) is 12.1 Å². The molecule has 0 aromatic carbocycles. The average Bonchev–Trinajstić information content (AvgIpc) is 3.49. The minimum absolute atomic E-state index is 0.125. The van der Waals surface area contributed by atoms with Crippen LogP contribution in [0.2, 0.25) is 0 Å². The van der Waals surface area contributed by atoms with Crippen LogP contribution in [0.25, 0.3) is 0 Å². The summed E-state index contributed by atoms with van der Waals surface area (Å²) in [6.07, 6.45) is 1.18. The first-order valence-electron chi connectivity index (χ1n) is 30.2. The van der Waals surface area contributed by atoms with Crippen molar-refractivity contribution in [1.82, 2.24) is 15.5 Å². The summed E-state index contributed by atoms with van der Waals surface area (Å²) in [6, 6.07) is -1.34. The zero-order valence-electron chi connectivity index (χ0n) is 49.5. The molecule has 5 aliphatic heterocycles. The van der Waals surface area contributed by atoms with E-state index in [2.05, 4.69) is 15.5 Å². The summed E-state index contributed by atoms with van der Waals surface area (Å²) in [5, 5.41) is 160. The third-order valence-corrected chi connectivity index (χ3v) is 16.7. The minimum atomic E-state index is -2.46. The lowest BCUT2D eigenvalue weighted by Gasteiger charge is -2.47. The molecule has 0 aromatic rings. The van der Waals surface area contributed by atoms with Gasteiger partial charge in [-0.25, -0.2) is 0 Å². The predicted octanol–water partition coefficient (Wildman–Crippen LogP) is -0.948. The van der Waals surface area contributed by atoms with Crippen molar-refractivity contribution < 1.29 is 105 Å². The van der Waals surface area contributed by atoms with Crippen LogP contribution in [-0.2, 0) is 33.3 Å². The Hall–Kier alpha value is -3.68. The maximum atomic E-state index is 14.3. The second-order valence-electron chi connectivity index (χ2n) is 23.8. The summed E-state index contributed by atoms with van der Waals surface area (Å²) in [4.78, 5) is 29.3. The molecule has 5 aliphatic rings. The van der Waals surface area contributed by atoms with Crippen LogP contribution in [-0.4, -0.2) is 249 Å². The van der Waals surface area contributed by atoms with E-state index in [1.54, 1.807) is 92.8 Å². The van der Waals surface area contributed by atoms with Gasteiger partial charge in [-0.1, -0.05) is 105 Å². The Morgan fingerprint density at radius 1 is 0.659 bits per heavy atom. The topological polar surface area (TPSA) is 391 Å². The molecule has 5 rings (SSSR count). The van der Waals surface area contributed by atoms with Crippen molar-refractivity contribution in [1.29, 1.82) is 0 Å². The van der Waals surface area contributed by atoms with Gasteiger partial charge in [0, 0.05) is 44.1 Å². The highest BCUT2D eigenvalue weighted by atomic mass is 16.7. The number of carbonyl (C=O) groups excluding carboxylic acids is 2. The second-order valence-corrected chi connectivity index (χ2v) is 23.8. The van der Waals surface area contributed by atoms with Crippen molar-refractivity contribution in [3.8, 4) is 0 Å². The Morgan fingerprint density at radius 3 is 1.93 bits per heavy atom. The SMILES string of the molecule is CC1[C@H](C)OC(=O)C[C@H](O)C[C@H](O)CC[C@@H](O)[C@H](O)C[C@H](O)C[C@]2(O)C[C@H](O)C(C(=O)NCCCN3CCCCC3)C(C[C@@H](OC3O[C@H](C)[C@@H](O)[C@H](NC[C@@]4(O)OC[C@@H](O)[C@H](O)[C@@H]4O)[C@@H]3O)/C=C/C=C/C=C/C=C/C=C/C=C/C=C/[C@H](C)[C@H]1O)O2. The molecule has 484 valence electrons. The van der Waals surface area contributed by atoms with Crippen LogP contribution < -0.4 is 10.6 Å². The molecule has 0 radical (unpaired) electrons. The zero-order valence-corrected chi connectivity index (χ0v) is 49.5. The Kier molecular flexibility index (Phi) is 30.1. The van der Waals surface area contributed by atoms with E-state index in [0.29, 0.717) is 6.42 Å². The standard InChI is InChI=1S/C61H99N3O21/c1-37-21-16-13-11-9-7-5-6-8-10-12-14-17-22-44(84-59-56(76)52(54(74)40(4)83-59)63-36-61(80)57(77)55(75)48(71)35-81-61)32-49-51(58(78)62-25-20-28-64-26-18-15-19-27-64)47(70)34-60(79,85-49)33-43(67)30-46(69)45(68)24-23-41(65)29-42(66)31-50(72)82-39(3)38(2)53(37)73/h5-14,16-17,21-22,37-49,51-57,59,63,65-71,73-77,79-80H,15,18-20,23-36H2,1-4H3,(H,62,78)/b6-5+,9-7+,10-8+,13-11+,14-12+,21-16+,22-17+/t37-,38?,39-,40+,41+,42+,43-,44-,45+,46+,47-,48+,49?,51?,52-,53+,54+,55-,56-,57-,59?,60+,61+/m0/s1. The Bertz CT molecular complexity index is 2210. The fourth-order valence-electron chi connectivity index (χ4n) is 11.3. The van der Waals surface area contributed by atoms with Crippen LogP contribution in [0, 0.1) is 17.8 Å². The van der Waals surface area contributed by atoms with Crippen LogP contribution in [0.1, 0.15) is 105 Å². The Morgan fingerprint density at radius 2 is 1.28 bits per heavy atom. The van der Waals surface area contributed by atoms with Gasteiger partial charge >= 0.3 is 5.97 Å². The number of carbonyl (C=O) groups is 2. The first kappa shape index (κ1) is 72.1. The fraction of sp³-hybridized carbons (Fsp3) is 0.738. The minimum Gasteiger partial charge on any atom is -0.462 e. The largest absolute Gasteiger partial charge is 0.462 e. The Balaban J connectivity index is 1.42. The van der Waals surface area contributed by atoms with Crippen molar-refractivity contribution >= 4 is 11.9 Å². The van der Waals surface area contributed by atoms with E-state index < -0.39 is 184 Å². The molecule has 4 unspecified atom stereocenters. The molecule has 85 heavy (non-hydrogen) atoms. The highest BCUT2D eigenvalue weighted by Crippen LogP contribution is 2.39. The lowest BCUT2D eigenvalue weighted by molar-refractivity contribution is -0.323. The molecule has 4 fully saturated rings. The maximum absolute atomic E-state index is 14.3. The third-order valence-electron chi connectivity index (χ3n) is 16.7. The summed E-state index contributed by atoms with van der Waals surface area (Å²) in [7, 11) is 0. The molecule has 24 nitrogen and oxygen atoms in total. The number of hydrogen-bond acceptors (Lipinski definition) is 23. The molecular formula is C61H99N3O21. The van der Waals surface area contributed by atoms with Gasteiger partial charge < -0.3 is 111 Å². The summed E-state index contributed by atoms with van der Waals surface area (Å²) in [5.41, 5.74) is 0. The van der Waals surface area contributed by atoms with E-state index in [-0.39, 0.29) is 38.1 Å². The molecular weight excluding hydrogens is 1110 g/mol. The lowest BCUT2D eigenvalue weighted by atomic mass is 9.82. The van der Waals surface area contributed by atoms with Crippen molar-refractivity contribution in [2.24, 2.45) is 17.8 Å². The monoisotopic (exact) mass is 1210 g/mol. The number of allylic oxidation sites excluding steroid dienone is 12. The van der Waals surface area contributed by atoms with E-state index in [0.717, 1.165) is 38.9 Å². The Labute approximate surface area is 499 Å². The third kappa shape index (κ3) is 23.0. The highest BCUT2D eigenvalue weighted by molar-refractivity contribution is 5.80. The number of hydrogen-bond donors (Lipinski definition) is 16. The van der Waals surface area contributed by atoms with E-state index in [4.69, 9.17) is 23.7 Å². The molecule has 0 aromatic heterocycles. The smallest absolute Gasteiger partial charge is 0.308 e. The first-order chi connectivity index (χ1) is 40.3. The summed E-state index contributed by atoms with van der Waals surface area (Å²) in [6.45, 7) is 8.38. The van der Waals surface area contributed by atoms with Gasteiger partial charge in [-0.05, 0) is 72.0 Å². The number of aliphatic hydroxyl groups is 14. The van der Waals surface area contributed by atoms with Gasteiger partial charge in [-0.2, -0.15) is 0 Å². The van der Waals surface area contributed by atoms with E-state index in [1.165, 1.54) is 6.92 Å². The van der Waals surface area contributed by atoms with Gasteiger partial charge in [0.1, 0.15) is 30.5 Å². The number of nitrogens with one attached hydrogen (secondary N) is 2. The summed E-state index contributed by atoms with van der Waals surface area (Å²) in [5.74, 6) is -8.29. The number of likely N-dealkylation sites (tertiary alicyclic amines) is 1. The van der Waals surface area contributed by atoms with Crippen LogP contribution in [0.4, 0.5) is 0 Å².